The number of piperidine rings is 1. The van der Waals surface area contributed by atoms with E-state index in [-0.39, 0.29) is 5.92 Å². The van der Waals surface area contributed by atoms with Gasteiger partial charge in [-0.1, -0.05) is 18.2 Å². The monoisotopic (exact) mass is 339 g/mol. The third kappa shape index (κ3) is 3.15. The maximum Gasteiger partial charge on any atom is 0.226 e. The molecule has 1 amide bonds. The van der Waals surface area contributed by atoms with Crippen molar-refractivity contribution in [2.75, 3.05) is 20.2 Å². The van der Waals surface area contributed by atoms with Crippen molar-refractivity contribution in [1.82, 2.24) is 14.7 Å². The second-order valence-electron chi connectivity index (χ2n) is 7.27. The Morgan fingerprint density at radius 2 is 2.16 bits per heavy atom. The Labute approximate surface area is 148 Å². The number of nitrogens with zero attached hydrogens (tertiary/aromatic N) is 3. The Morgan fingerprint density at radius 3 is 2.92 bits per heavy atom. The minimum atomic E-state index is 0.106. The number of amides is 1. The SMILES string of the molecule is COc1ccccc1C1CC1C(=O)N1CCCC(n2cc(C)cn2)C1. The maximum absolute atomic E-state index is 13.0. The summed E-state index contributed by atoms with van der Waals surface area (Å²) in [6.45, 7) is 3.69. The smallest absolute Gasteiger partial charge is 0.226 e. The zero-order valence-corrected chi connectivity index (χ0v) is 14.9. The molecule has 2 aromatic rings. The number of hydrogen-bond donors (Lipinski definition) is 0. The molecule has 1 saturated heterocycles. The van der Waals surface area contributed by atoms with Crippen LogP contribution in [0.4, 0.5) is 0 Å². The van der Waals surface area contributed by atoms with Gasteiger partial charge in [0.15, 0.2) is 0 Å². The molecule has 2 heterocycles. The van der Waals surface area contributed by atoms with Gasteiger partial charge in [-0.05, 0) is 49.3 Å². The van der Waals surface area contributed by atoms with Crippen molar-refractivity contribution >= 4 is 5.91 Å². The molecule has 1 aromatic carbocycles. The van der Waals surface area contributed by atoms with Gasteiger partial charge < -0.3 is 9.64 Å². The fourth-order valence-electron chi connectivity index (χ4n) is 4.02. The van der Waals surface area contributed by atoms with Crippen molar-refractivity contribution in [1.29, 1.82) is 0 Å². The summed E-state index contributed by atoms with van der Waals surface area (Å²) in [5, 5.41) is 4.44. The number of aryl methyl sites for hydroxylation is 1. The molecular formula is C20H25N3O2. The lowest BCUT2D eigenvalue weighted by Crippen LogP contribution is -2.41. The molecule has 3 atom stereocenters. The minimum Gasteiger partial charge on any atom is -0.496 e. The van der Waals surface area contributed by atoms with E-state index in [4.69, 9.17) is 4.74 Å². The molecule has 4 rings (SSSR count). The predicted molar refractivity (Wildman–Crippen MR) is 95.7 cm³/mol. The molecule has 0 spiro atoms. The molecule has 0 N–H and O–H groups in total. The van der Waals surface area contributed by atoms with Crippen LogP contribution < -0.4 is 4.74 Å². The largest absolute Gasteiger partial charge is 0.496 e. The molecule has 1 saturated carbocycles. The molecule has 1 aliphatic carbocycles. The quantitative estimate of drug-likeness (QED) is 0.859. The second-order valence-corrected chi connectivity index (χ2v) is 7.27. The van der Waals surface area contributed by atoms with Crippen molar-refractivity contribution in [3.8, 4) is 5.75 Å². The number of hydrogen-bond acceptors (Lipinski definition) is 3. The topological polar surface area (TPSA) is 47.4 Å². The summed E-state index contributed by atoms with van der Waals surface area (Å²) in [6.07, 6.45) is 7.03. The molecular weight excluding hydrogens is 314 g/mol. The van der Waals surface area contributed by atoms with Gasteiger partial charge in [0.05, 0.1) is 19.3 Å². The number of para-hydroxylation sites is 1. The van der Waals surface area contributed by atoms with E-state index in [1.54, 1.807) is 7.11 Å². The van der Waals surface area contributed by atoms with E-state index in [0.717, 1.165) is 38.1 Å². The van der Waals surface area contributed by atoms with Crippen LogP contribution in [0.15, 0.2) is 36.7 Å². The highest BCUT2D eigenvalue weighted by atomic mass is 16.5. The first kappa shape index (κ1) is 16.2. The summed E-state index contributed by atoms with van der Waals surface area (Å²) in [5.74, 6) is 1.60. The van der Waals surface area contributed by atoms with Crippen LogP contribution in [0, 0.1) is 12.8 Å². The van der Waals surface area contributed by atoms with Gasteiger partial charge in [-0.3, -0.25) is 9.48 Å². The number of methoxy groups -OCH3 is 1. The molecule has 132 valence electrons. The number of ether oxygens (including phenoxy) is 1. The van der Waals surface area contributed by atoms with E-state index in [1.165, 1.54) is 11.1 Å². The fraction of sp³-hybridized carbons (Fsp3) is 0.500. The van der Waals surface area contributed by atoms with E-state index < -0.39 is 0 Å². The lowest BCUT2D eigenvalue weighted by molar-refractivity contribution is -0.134. The number of rotatable bonds is 4. The van der Waals surface area contributed by atoms with E-state index >= 15 is 0 Å². The first-order valence-corrected chi connectivity index (χ1v) is 9.10. The van der Waals surface area contributed by atoms with Crippen molar-refractivity contribution in [3.63, 3.8) is 0 Å². The summed E-state index contributed by atoms with van der Waals surface area (Å²) in [4.78, 5) is 15.0. The van der Waals surface area contributed by atoms with Gasteiger partial charge in [-0.15, -0.1) is 0 Å². The van der Waals surface area contributed by atoms with Gasteiger partial charge in [0.2, 0.25) is 5.91 Å². The highest BCUT2D eigenvalue weighted by Gasteiger charge is 2.47. The Bertz CT molecular complexity index is 770. The summed E-state index contributed by atoms with van der Waals surface area (Å²) in [5.41, 5.74) is 2.33. The van der Waals surface area contributed by atoms with Crippen LogP contribution >= 0.6 is 0 Å². The van der Waals surface area contributed by atoms with Crippen LogP contribution in [-0.2, 0) is 4.79 Å². The van der Waals surface area contributed by atoms with Crippen LogP contribution in [0.25, 0.3) is 0 Å². The third-order valence-corrected chi connectivity index (χ3v) is 5.46. The minimum absolute atomic E-state index is 0.106. The summed E-state index contributed by atoms with van der Waals surface area (Å²) in [7, 11) is 1.69. The number of carbonyl (C=O) groups excluding carboxylic acids is 1. The first-order valence-electron chi connectivity index (χ1n) is 9.10. The average Bonchev–Trinajstić information content (AvgIpc) is 3.34. The molecule has 3 unspecified atom stereocenters. The highest BCUT2D eigenvalue weighted by Crippen LogP contribution is 2.51. The van der Waals surface area contributed by atoms with E-state index in [0.29, 0.717) is 17.9 Å². The van der Waals surface area contributed by atoms with Crippen LogP contribution in [0.3, 0.4) is 0 Å². The first-order chi connectivity index (χ1) is 12.2. The van der Waals surface area contributed by atoms with Gasteiger partial charge in [0.25, 0.3) is 0 Å². The van der Waals surface area contributed by atoms with Crippen LogP contribution in [0.1, 0.15) is 42.3 Å². The standard InChI is InChI=1S/C20H25N3O2/c1-14-11-21-23(12-14)15-6-5-9-22(13-15)20(24)18-10-17(18)16-7-3-4-8-19(16)25-2/h3-4,7-8,11-12,15,17-18H,5-6,9-10,13H2,1-2H3. The maximum atomic E-state index is 13.0. The second kappa shape index (κ2) is 6.54. The molecule has 1 aliphatic heterocycles. The summed E-state index contributed by atoms with van der Waals surface area (Å²) >= 11 is 0. The van der Waals surface area contributed by atoms with Gasteiger partial charge >= 0.3 is 0 Å². The fourth-order valence-corrected chi connectivity index (χ4v) is 4.02. The van der Waals surface area contributed by atoms with Gasteiger partial charge in [-0.25, -0.2) is 0 Å². The van der Waals surface area contributed by atoms with E-state index in [2.05, 4.69) is 24.3 Å². The van der Waals surface area contributed by atoms with Crippen LogP contribution in [0.2, 0.25) is 0 Å². The lowest BCUT2D eigenvalue weighted by Gasteiger charge is -2.33. The van der Waals surface area contributed by atoms with Gasteiger partial charge in [0.1, 0.15) is 5.75 Å². The molecule has 0 radical (unpaired) electrons. The summed E-state index contributed by atoms with van der Waals surface area (Å²) < 4.78 is 7.49. The molecule has 2 fully saturated rings. The number of benzene rings is 1. The number of carbonyl (C=O) groups is 1. The lowest BCUT2D eigenvalue weighted by atomic mass is 10.0. The van der Waals surface area contributed by atoms with Gasteiger partial charge in [-0.2, -0.15) is 5.10 Å². The highest BCUT2D eigenvalue weighted by molar-refractivity contribution is 5.83. The average molecular weight is 339 g/mol. The van der Waals surface area contributed by atoms with Crippen LogP contribution in [0.5, 0.6) is 5.75 Å². The van der Waals surface area contributed by atoms with Crippen molar-refractivity contribution in [2.45, 2.75) is 38.1 Å². The molecule has 2 aliphatic rings. The number of aromatic nitrogens is 2. The number of likely N-dealkylation sites (tertiary alicyclic amines) is 1. The van der Waals surface area contributed by atoms with Crippen molar-refractivity contribution in [3.05, 3.63) is 47.8 Å². The van der Waals surface area contributed by atoms with Crippen molar-refractivity contribution < 1.29 is 9.53 Å². The zero-order chi connectivity index (χ0) is 17.4. The van der Waals surface area contributed by atoms with Crippen molar-refractivity contribution in [2.24, 2.45) is 5.92 Å². The predicted octanol–water partition coefficient (Wildman–Crippen LogP) is 3.17. The van der Waals surface area contributed by atoms with E-state index in [1.807, 2.05) is 34.0 Å². The molecule has 5 heteroatoms. The Morgan fingerprint density at radius 1 is 1.32 bits per heavy atom. The molecule has 5 nitrogen and oxygen atoms in total. The molecule has 25 heavy (non-hydrogen) atoms. The normalized spacial score (nSPS) is 25.7. The van der Waals surface area contributed by atoms with E-state index in [9.17, 15) is 4.79 Å². The molecule has 0 bridgehead atoms. The third-order valence-electron chi connectivity index (χ3n) is 5.46. The Kier molecular flexibility index (Phi) is 4.24. The Hall–Kier alpha value is -2.30. The summed E-state index contributed by atoms with van der Waals surface area (Å²) in [6, 6.07) is 8.36. The zero-order valence-electron chi connectivity index (χ0n) is 14.9. The Balaban J connectivity index is 1.43. The van der Waals surface area contributed by atoms with Crippen LogP contribution in [-0.4, -0.2) is 40.8 Å². The van der Waals surface area contributed by atoms with Gasteiger partial charge in [0, 0.05) is 25.2 Å². The molecule has 1 aromatic heterocycles.